The van der Waals surface area contributed by atoms with Crippen LogP contribution in [-0.2, 0) is 17.1 Å². The van der Waals surface area contributed by atoms with Gasteiger partial charge in [0.25, 0.3) is 5.91 Å². The predicted octanol–water partition coefficient (Wildman–Crippen LogP) is 5.48. The van der Waals surface area contributed by atoms with Gasteiger partial charge in [-0.3, -0.25) is 9.69 Å². The van der Waals surface area contributed by atoms with E-state index < -0.39 is 41.0 Å². The Balaban J connectivity index is 2.03. The molecule has 2 aromatic rings. The largest absolute Gasteiger partial charge is 0.416 e. The van der Waals surface area contributed by atoms with Gasteiger partial charge in [0, 0.05) is 5.69 Å². The summed E-state index contributed by atoms with van der Waals surface area (Å²) in [6.45, 7) is 2.72. The third-order valence-electron chi connectivity index (χ3n) is 4.55. The van der Waals surface area contributed by atoms with Gasteiger partial charge in [-0.2, -0.15) is 26.3 Å². The van der Waals surface area contributed by atoms with Crippen LogP contribution in [0.15, 0.2) is 48.5 Å². The van der Waals surface area contributed by atoms with E-state index in [9.17, 15) is 35.9 Å². The molecule has 1 aliphatic rings. The van der Waals surface area contributed by atoms with Crippen LogP contribution in [0.5, 0.6) is 0 Å². The summed E-state index contributed by atoms with van der Waals surface area (Å²) in [7, 11) is 0. The van der Waals surface area contributed by atoms with E-state index in [1.54, 1.807) is 0 Å². The monoisotopic (exact) mass is 416 g/mol. The van der Waals surface area contributed by atoms with Crippen LogP contribution in [0.4, 0.5) is 42.5 Å². The van der Waals surface area contributed by atoms with E-state index in [0.29, 0.717) is 11.0 Å². The number of amides is 3. The Kier molecular flexibility index (Phi) is 4.64. The lowest BCUT2D eigenvalue weighted by molar-refractivity contribution is -0.138. The third-order valence-corrected chi connectivity index (χ3v) is 4.55. The van der Waals surface area contributed by atoms with Gasteiger partial charge in [-0.1, -0.05) is 6.07 Å². The first-order valence-electron chi connectivity index (χ1n) is 8.28. The fourth-order valence-corrected chi connectivity index (χ4v) is 3.08. The summed E-state index contributed by atoms with van der Waals surface area (Å²) < 4.78 is 77.3. The first kappa shape index (κ1) is 20.7. The Morgan fingerprint density at radius 1 is 0.759 bits per heavy atom. The van der Waals surface area contributed by atoms with E-state index in [2.05, 4.69) is 0 Å². The molecule has 1 heterocycles. The number of carbonyl (C=O) groups is 2. The average Bonchev–Trinajstić information content (AvgIpc) is 2.78. The quantitative estimate of drug-likeness (QED) is 0.481. The molecule has 1 fully saturated rings. The van der Waals surface area contributed by atoms with Gasteiger partial charge in [0.15, 0.2) is 0 Å². The third kappa shape index (κ3) is 3.54. The van der Waals surface area contributed by atoms with Gasteiger partial charge in [0.2, 0.25) is 0 Å². The molecule has 0 aromatic heterocycles. The molecule has 29 heavy (non-hydrogen) atoms. The lowest BCUT2D eigenvalue weighted by atomic mass is 10.0. The molecule has 3 rings (SSSR count). The summed E-state index contributed by atoms with van der Waals surface area (Å²) in [5.41, 5.74) is -3.77. The van der Waals surface area contributed by atoms with Gasteiger partial charge in [0.05, 0.1) is 16.8 Å². The van der Waals surface area contributed by atoms with Crippen molar-refractivity contribution in [2.45, 2.75) is 31.7 Å². The van der Waals surface area contributed by atoms with Gasteiger partial charge in [0.1, 0.15) is 5.54 Å². The molecule has 1 aliphatic heterocycles. The molecule has 0 bridgehead atoms. The van der Waals surface area contributed by atoms with Crippen LogP contribution in [0.2, 0.25) is 0 Å². The number of hydrogen-bond acceptors (Lipinski definition) is 2. The highest BCUT2D eigenvalue weighted by molar-refractivity contribution is 6.30. The molecule has 10 heteroatoms. The number of imide groups is 1. The van der Waals surface area contributed by atoms with Crippen molar-refractivity contribution in [1.82, 2.24) is 0 Å². The van der Waals surface area contributed by atoms with Crippen molar-refractivity contribution < 1.29 is 35.9 Å². The van der Waals surface area contributed by atoms with Crippen molar-refractivity contribution in [3.8, 4) is 0 Å². The van der Waals surface area contributed by atoms with Crippen molar-refractivity contribution in [2.24, 2.45) is 0 Å². The van der Waals surface area contributed by atoms with Crippen molar-refractivity contribution in [3.63, 3.8) is 0 Å². The standard InChI is InChI=1S/C19H14F6N2O2/c1-17(2)15(28)26(14-5-3-4-12(10-14)19(23,24)25)16(29)27(17)13-8-6-11(7-9-13)18(20,21)22/h3-10H,1-2H3. The highest BCUT2D eigenvalue weighted by Gasteiger charge is 2.53. The molecule has 0 atom stereocenters. The highest BCUT2D eigenvalue weighted by atomic mass is 19.4. The molecule has 2 aromatic carbocycles. The summed E-state index contributed by atoms with van der Waals surface area (Å²) >= 11 is 0. The maximum atomic E-state index is 13.0. The SMILES string of the molecule is CC1(C)C(=O)N(c2cccc(C(F)(F)F)c2)C(=O)N1c1ccc(C(F)(F)F)cc1. The van der Waals surface area contributed by atoms with Gasteiger partial charge in [-0.25, -0.2) is 9.69 Å². The maximum absolute atomic E-state index is 13.0. The Hall–Kier alpha value is -3.04. The molecule has 0 saturated carbocycles. The minimum Gasteiger partial charge on any atom is -0.279 e. The van der Waals surface area contributed by atoms with Crippen LogP contribution in [-0.4, -0.2) is 17.5 Å². The molecule has 0 spiro atoms. The van der Waals surface area contributed by atoms with Crippen molar-refractivity contribution >= 4 is 23.3 Å². The first-order chi connectivity index (χ1) is 13.2. The van der Waals surface area contributed by atoms with E-state index in [0.717, 1.165) is 41.3 Å². The lowest BCUT2D eigenvalue weighted by Crippen LogP contribution is -2.44. The fourth-order valence-electron chi connectivity index (χ4n) is 3.08. The Morgan fingerprint density at radius 3 is 1.83 bits per heavy atom. The maximum Gasteiger partial charge on any atom is 0.416 e. The van der Waals surface area contributed by atoms with E-state index in [4.69, 9.17) is 0 Å². The molecule has 4 nitrogen and oxygen atoms in total. The van der Waals surface area contributed by atoms with Crippen LogP contribution in [0.25, 0.3) is 0 Å². The van der Waals surface area contributed by atoms with Gasteiger partial charge in [-0.05, 0) is 56.3 Å². The summed E-state index contributed by atoms with van der Waals surface area (Å²) in [5, 5.41) is 0. The molecule has 0 unspecified atom stereocenters. The van der Waals surface area contributed by atoms with Crippen LogP contribution >= 0.6 is 0 Å². The summed E-state index contributed by atoms with van der Waals surface area (Å²) in [4.78, 5) is 27.3. The van der Waals surface area contributed by atoms with Crippen LogP contribution in [0.1, 0.15) is 25.0 Å². The number of benzene rings is 2. The van der Waals surface area contributed by atoms with Crippen molar-refractivity contribution in [1.29, 1.82) is 0 Å². The second-order valence-corrected chi connectivity index (χ2v) is 6.91. The lowest BCUT2D eigenvalue weighted by Gasteiger charge is -2.27. The second-order valence-electron chi connectivity index (χ2n) is 6.91. The summed E-state index contributed by atoms with van der Waals surface area (Å²) in [6, 6.07) is 6.33. The smallest absolute Gasteiger partial charge is 0.279 e. The minimum atomic E-state index is -4.68. The van der Waals surface area contributed by atoms with Gasteiger partial charge >= 0.3 is 18.4 Å². The molecular weight excluding hydrogens is 402 g/mol. The fraction of sp³-hybridized carbons (Fsp3) is 0.263. The van der Waals surface area contributed by atoms with E-state index in [-0.39, 0.29) is 11.4 Å². The van der Waals surface area contributed by atoms with Crippen molar-refractivity contribution in [2.75, 3.05) is 9.80 Å². The Labute approximate surface area is 161 Å². The predicted molar refractivity (Wildman–Crippen MR) is 92.3 cm³/mol. The zero-order valence-corrected chi connectivity index (χ0v) is 15.1. The number of nitrogens with zero attached hydrogens (tertiary/aromatic N) is 2. The number of alkyl halides is 6. The molecule has 154 valence electrons. The second kappa shape index (κ2) is 6.50. The number of hydrogen-bond donors (Lipinski definition) is 0. The normalized spacial score (nSPS) is 17.2. The molecule has 1 saturated heterocycles. The van der Waals surface area contributed by atoms with Crippen molar-refractivity contribution in [3.05, 3.63) is 59.7 Å². The average molecular weight is 416 g/mol. The summed E-state index contributed by atoms with van der Waals surface area (Å²) in [6.07, 6.45) is -9.26. The van der Waals surface area contributed by atoms with Crippen LogP contribution in [0.3, 0.4) is 0 Å². The van der Waals surface area contributed by atoms with Crippen LogP contribution in [0, 0.1) is 0 Å². The number of urea groups is 1. The molecule has 0 N–H and O–H groups in total. The minimum absolute atomic E-state index is 0.0100. The molecular formula is C19H14F6N2O2. The molecule has 0 aliphatic carbocycles. The topological polar surface area (TPSA) is 40.6 Å². The van der Waals surface area contributed by atoms with Gasteiger partial charge in [-0.15, -0.1) is 0 Å². The number of carbonyl (C=O) groups excluding carboxylic acids is 2. The zero-order chi connectivity index (χ0) is 21.8. The number of rotatable bonds is 2. The van der Waals surface area contributed by atoms with E-state index >= 15 is 0 Å². The van der Waals surface area contributed by atoms with E-state index in [1.165, 1.54) is 19.9 Å². The Bertz CT molecular complexity index is 964. The van der Waals surface area contributed by atoms with E-state index in [1.807, 2.05) is 0 Å². The van der Waals surface area contributed by atoms with Crippen LogP contribution < -0.4 is 9.80 Å². The zero-order valence-electron chi connectivity index (χ0n) is 15.1. The molecule has 3 amide bonds. The Morgan fingerprint density at radius 2 is 1.31 bits per heavy atom. The first-order valence-corrected chi connectivity index (χ1v) is 8.28. The molecule has 0 radical (unpaired) electrons. The van der Waals surface area contributed by atoms with Gasteiger partial charge < -0.3 is 0 Å². The number of anilines is 2. The summed E-state index contributed by atoms with van der Waals surface area (Å²) in [5.74, 6) is -0.804. The number of halogens is 6. The highest BCUT2D eigenvalue weighted by Crippen LogP contribution is 2.39.